The number of nitrogens with one attached hydrogen (secondary N) is 1. The van der Waals surface area contributed by atoms with Gasteiger partial charge >= 0.3 is 0 Å². The monoisotopic (exact) mass is 622 g/mol. The normalized spacial score (nSPS) is 11.0. The molecule has 0 aliphatic carbocycles. The molecule has 138 valence electrons. The average Bonchev–Trinajstić information content (AvgIpc) is 2.63. The molecule has 3 rings (SSSR count). The second kappa shape index (κ2) is 9.95. The highest BCUT2D eigenvalue weighted by Gasteiger charge is 2.10. The molecule has 0 spiro atoms. The molecule has 0 heterocycles. The van der Waals surface area contributed by atoms with Gasteiger partial charge in [0.2, 0.25) is 0 Å². The minimum atomic E-state index is 0.380. The summed E-state index contributed by atoms with van der Waals surface area (Å²) in [6, 6.07) is 19.3. The summed E-state index contributed by atoms with van der Waals surface area (Å²) >= 11 is 16.7. The SMILES string of the molecule is Clc1ccc(COc2c(I)cc(/C=N\Nc3ccccc3)cc2I)c(Cl)c1. The van der Waals surface area contributed by atoms with Crippen LogP contribution in [0.5, 0.6) is 5.75 Å². The van der Waals surface area contributed by atoms with Gasteiger partial charge in [0.1, 0.15) is 12.4 Å². The van der Waals surface area contributed by atoms with Crippen LogP contribution in [0.1, 0.15) is 11.1 Å². The zero-order chi connectivity index (χ0) is 19.2. The smallest absolute Gasteiger partial charge is 0.146 e. The van der Waals surface area contributed by atoms with Crippen LogP contribution in [0.15, 0.2) is 65.8 Å². The Bertz CT molecular complexity index is 942. The molecule has 27 heavy (non-hydrogen) atoms. The first-order chi connectivity index (χ1) is 13.0. The summed E-state index contributed by atoms with van der Waals surface area (Å²) in [6.07, 6.45) is 1.79. The van der Waals surface area contributed by atoms with Crippen molar-refractivity contribution in [1.29, 1.82) is 0 Å². The van der Waals surface area contributed by atoms with Gasteiger partial charge in [0.05, 0.1) is 19.0 Å². The number of rotatable bonds is 6. The standard InChI is InChI=1S/C20H14Cl2I2N2O/c21-15-7-6-14(17(22)10-15)12-27-20-18(23)8-13(9-19(20)24)11-25-26-16-4-2-1-3-5-16/h1-11,26H,12H2/b25-11-. The maximum atomic E-state index is 6.22. The number of hydrazone groups is 1. The third-order valence-electron chi connectivity index (χ3n) is 3.59. The third kappa shape index (κ3) is 5.97. The highest BCUT2D eigenvalue weighted by Crippen LogP contribution is 2.30. The maximum absolute atomic E-state index is 6.22. The van der Waals surface area contributed by atoms with Gasteiger partial charge in [-0.25, -0.2) is 0 Å². The summed E-state index contributed by atoms with van der Waals surface area (Å²) in [5.74, 6) is 0.829. The number of anilines is 1. The Morgan fingerprint density at radius 1 is 0.963 bits per heavy atom. The van der Waals surface area contributed by atoms with Crippen LogP contribution in [0.2, 0.25) is 10.0 Å². The Morgan fingerprint density at radius 2 is 1.67 bits per heavy atom. The van der Waals surface area contributed by atoms with Crippen molar-refractivity contribution in [2.45, 2.75) is 6.61 Å². The summed E-state index contributed by atoms with van der Waals surface area (Å²) in [5, 5.41) is 5.50. The van der Waals surface area contributed by atoms with Gasteiger partial charge in [0.25, 0.3) is 0 Å². The number of hydrogen-bond donors (Lipinski definition) is 1. The van der Waals surface area contributed by atoms with Crippen LogP contribution in [0.3, 0.4) is 0 Å². The molecule has 3 aromatic carbocycles. The summed E-state index contributed by atoms with van der Waals surface area (Å²) in [5.41, 5.74) is 5.84. The molecule has 0 atom stereocenters. The molecule has 1 N–H and O–H groups in total. The van der Waals surface area contributed by atoms with Crippen molar-refractivity contribution < 1.29 is 4.74 Å². The summed E-state index contributed by atoms with van der Waals surface area (Å²) in [7, 11) is 0. The number of ether oxygens (including phenoxy) is 1. The van der Waals surface area contributed by atoms with Crippen molar-refractivity contribution in [1.82, 2.24) is 0 Å². The van der Waals surface area contributed by atoms with Crippen molar-refractivity contribution >= 4 is 80.3 Å². The minimum Gasteiger partial charge on any atom is -0.487 e. The van der Waals surface area contributed by atoms with Crippen LogP contribution >= 0.6 is 68.4 Å². The molecule has 0 bridgehead atoms. The van der Waals surface area contributed by atoms with Crippen LogP contribution in [-0.2, 0) is 6.61 Å². The van der Waals surface area contributed by atoms with Crippen LogP contribution in [-0.4, -0.2) is 6.21 Å². The molecular weight excluding hydrogens is 609 g/mol. The summed E-state index contributed by atoms with van der Waals surface area (Å²) < 4.78 is 8.01. The van der Waals surface area contributed by atoms with Gasteiger partial charge in [-0.05, 0) is 87.1 Å². The molecule has 0 saturated carbocycles. The number of hydrogen-bond acceptors (Lipinski definition) is 3. The molecule has 0 saturated heterocycles. The van der Waals surface area contributed by atoms with E-state index in [1.807, 2.05) is 48.5 Å². The largest absolute Gasteiger partial charge is 0.487 e. The van der Waals surface area contributed by atoms with E-state index in [4.69, 9.17) is 27.9 Å². The molecule has 7 heteroatoms. The molecule has 0 amide bonds. The van der Waals surface area contributed by atoms with Gasteiger partial charge in [-0.1, -0.05) is 47.5 Å². The Morgan fingerprint density at radius 3 is 2.33 bits per heavy atom. The lowest BCUT2D eigenvalue weighted by atomic mass is 10.2. The molecule has 3 nitrogen and oxygen atoms in total. The van der Waals surface area contributed by atoms with E-state index in [-0.39, 0.29) is 0 Å². The molecule has 0 aliphatic rings. The quantitative estimate of drug-likeness (QED) is 0.179. The van der Waals surface area contributed by atoms with Gasteiger partial charge in [-0.2, -0.15) is 5.10 Å². The lowest BCUT2D eigenvalue weighted by Crippen LogP contribution is -2.01. The second-order valence-electron chi connectivity index (χ2n) is 5.57. The highest BCUT2D eigenvalue weighted by molar-refractivity contribution is 14.1. The molecule has 0 fully saturated rings. The van der Waals surface area contributed by atoms with Gasteiger partial charge in [-0.15, -0.1) is 0 Å². The second-order valence-corrected chi connectivity index (χ2v) is 8.74. The Labute approximate surface area is 195 Å². The molecule has 0 aliphatic heterocycles. The molecule has 0 aromatic heterocycles. The fourth-order valence-corrected chi connectivity index (χ4v) is 4.87. The van der Waals surface area contributed by atoms with E-state index >= 15 is 0 Å². The van der Waals surface area contributed by atoms with Crippen LogP contribution in [0.25, 0.3) is 0 Å². The molecular formula is C20H14Cl2I2N2O. The lowest BCUT2D eigenvalue weighted by molar-refractivity contribution is 0.302. The fourth-order valence-electron chi connectivity index (χ4n) is 2.27. The first-order valence-corrected chi connectivity index (χ1v) is 10.8. The Hall–Kier alpha value is -1.03. The first kappa shape index (κ1) is 20.7. The van der Waals surface area contributed by atoms with Gasteiger partial charge in [0, 0.05) is 15.6 Å². The average molecular weight is 623 g/mol. The van der Waals surface area contributed by atoms with Crippen molar-refractivity contribution in [2.75, 3.05) is 5.43 Å². The van der Waals surface area contributed by atoms with E-state index in [0.717, 1.165) is 29.7 Å². The van der Waals surface area contributed by atoms with Gasteiger partial charge < -0.3 is 4.74 Å². The zero-order valence-corrected chi connectivity index (χ0v) is 19.8. The number of benzene rings is 3. The topological polar surface area (TPSA) is 33.6 Å². The van der Waals surface area contributed by atoms with Crippen molar-refractivity contribution in [2.24, 2.45) is 5.10 Å². The van der Waals surface area contributed by atoms with Crippen LogP contribution in [0, 0.1) is 7.14 Å². The third-order valence-corrected chi connectivity index (χ3v) is 5.78. The van der Waals surface area contributed by atoms with Crippen LogP contribution in [0.4, 0.5) is 5.69 Å². The van der Waals surface area contributed by atoms with Crippen molar-refractivity contribution in [3.05, 3.63) is 89.0 Å². The maximum Gasteiger partial charge on any atom is 0.146 e. The Balaban J connectivity index is 1.69. The van der Waals surface area contributed by atoms with E-state index in [1.165, 1.54) is 0 Å². The fraction of sp³-hybridized carbons (Fsp3) is 0.0500. The van der Waals surface area contributed by atoms with E-state index in [1.54, 1.807) is 18.3 Å². The molecule has 0 radical (unpaired) electrons. The highest BCUT2D eigenvalue weighted by atomic mass is 127. The number of para-hydroxylation sites is 1. The predicted octanol–water partition coefficient (Wildman–Crippen LogP) is 7.23. The number of halogens is 4. The van der Waals surface area contributed by atoms with Gasteiger partial charge in [-0.3, -0.25) is 5.43 Å². The predicted molar refractivity (Wildman–Crippen MR) is 130 cm³/mol. The van der Waals surface area contributed by atoms with Crippen LogP contribution < -0.4 is 10.2 Å². The van der Waals surface area contributed by atoms with E-state index in [9.17, 15) is 0 Å². The van der Waals surface area contributed by atoms with Crippen molar-refractivity contribution in [3.8, 4) is 5.75 Å². The van der Waals surface area contributed by atoms with E-state index in [2.05, 4.69) is 55.7 Å². The summed E-state index contributed by atoms with van der Waals surface area (Å²) in [4.78, 5) is 0. The lowest BCUT2D eigenvalue weighted by Gasteiger charge is -2.12. The molecule has 0 unspecified atom stereocenters. The van der Waals surface area contributed by atoms with E-state index in [0.29, 0.717) is 16.7 Å². The number of nitrogens with zero attached hydrogens (tertiary/aromatic N) is 1. The minimum absolute atomic E-state index is 0.380. The Kier molecular flexibility index (Phi) is 7.63. The van der Waals surface area contributed by atoms with E-state index < -0.39 is 0 Å². The summed E-state index contributed by atoms with van der Waals surface area (Å²) in [6.45, 7) is 0.380. The zero-order valence-electron chi connectivity index (χ0n) is 13.9. The van der Waals surface area contributed by atoms with Gasteiger partial charge in [0.15, 0.2) is 0 Å². The molecule has 3 aromatic rings. The first-order valence-electron chi connectivity index (χ1n) is 7.93. The van der Waals surface area contributed by atoms with Crippen molar-refractivity contribution in [3.63, 3.8) is 0 Å².